The van der Waals surface area contributed by atoms with Crippen LogP contribution in [0.15, 0.2) is 54.6 Å². The quantitative estimate of drug-likeness (QED) is 0.836. The van der Waals surface area contributed by atoms with Crippen LogP contribution in [-0.4, -0.2) is 22.4 Å². The van der Waals surface area contributed by atoms with Gasteiger partial charge in [0, 0.05) is 28.6 Å². The summed E-state index contributed by atoms with van der Waals surface area (Å²) in [4.78, 5) is 14.0. The van der Waals surface area contributed by atoms with E-state index in [4.69, 9.17) is 11.6 Å². The summed E-state index contributed by atoms with van der Waals surface area (Å²) in [5.41, 5.74) is 1.58. The average Bonchev–Trinajstić information content (AvgIpc) is 2.55. The number of hydrogen-bond donors (Lipinski definition) is 0. The molecule has 5 heteroatoms. The number of rotatable bonds is 5. The molecule has 0 saturated carbocycles. The molecule has 0 N–H and O–H groups in total. The fraction of sp³-hybridized carbons (Fsp3) is 0.235. The van der Waals surface area contributed by atoms with Gasteiger partial charge in [-0.3, -0.25) is 9.00 Å². The molecule has 22 heavy (non-hydrogen) atoms. The van der Waals surface area contributed by atoms with Gasteiger partial charge in [-0.25, -0.2) is 0 Å². The number of anilines is 1. The van der Waals surface area contributed by atoms with Crippen molar-refractivity contribution in [3.8, 4) is 0 Å². The summed E-state index contributed by atoms with van der Waals surface area (Å²) in [6.45, 7) is 1.69. The van der Waals surface area contributed by atoms with Crippen LogP contribution >= 0.6 is 11.6 Å². The molecule has 1 amide bonds. The van der Waals surface area contributed by atoms with Gasteiger partial charge in [-0.2, -0.15) is 0 Å². The summed E-state index contributed by atoms with van der Waals surface area (Å²) in [5, 5.41) is -0.0200. The number of hydrogen-bond acceptors (Lipinski definition) is 2. The third-order valence-corrected chi connectivity index (χ3v) is 5.43. The van der Waals surface area contributed by atoms with Crippen molar-refractivity contribution < 1.29 is 9.00 Å². The molecule has 0 aliphatic carbocycles. The van der Waals surface area contributed by atoms with E-state index in [1.807, 2.05) is 48.5 Å². The van der Waals surface area contributed by atoms with Crippen LogP contribution in [0.4, 0.5) is 5.69 Å². The Kier molecular flexibility index (Phi) is 5.75. The molecule has 0 aromatic heterocycles. The minimum atomic E-state index is -1.33. The van der Waals surface area contributed by atoms with Crippen molar-refractivity contribution in [1.29, 1.82) is 0 Å². The van der Waals surface area contributed by atoms with Gasteiger partial charge in [-0.05, 0) is 30.7 Å². The highest BCUT2D eigenvalue weighted by Crippen LogP contribution is 2.19. The SMILES string of the molecule is C[C@@H](C(=O)N(C)c1ccccc1)[S@@](=O)Cc1ccccc1Cl. The Morgan fingerprint density at radius 2 is 1.73 bits per heavy atom. The van der Waals surface area contributed by atoms with Crippen molar-refractivity contribution in [3.05, 3.63) is 65.2 Å². The van der Waals surface area contributed by atoms with E-state index in [1.165, 1.54) is 4.90 Å². The molecule has 0 saturated heterocycles. The molecular formula is C17H18ClNO2S. The zero-order valence-corrected chi connectivity index (χ0v) is 14.1. The van der Waals surface area contributed by atoms with Crippen LogP contribution in [0.1, 0.15) is 12.5 Å². The summed E-state index contributed by atoms with van der Waals surface area (Å²) in [6.07, 6.45) is 0. The van der Waals surface area contributed by atoms with Crippen LogP contribution in [0.5, 0.6) is 0 Å². The third-order valence-electron chi connectivity index (χ3n) is 3.47. The maximum Gasteiger partial charge on any atom is 0.242 e. The largest absolute Gasteiger partial charge is 0.314 e. The monoisotopic (exact) mass is 335 g/mol. The van der Waals surface area contributed by atoms with E-state index >= 15 is 0 Å². The van der Waals surface area contributed by atoms with Gasteiger partial charge in [0.25, 0.3) is 0 Å². The van der Waals surface area contributed by atoms with Crippen molar-refractivity contribution in [1.82, 2.24) is 0 Å². The van der Waals surface area contributed by atoms with Gasteiger partial charge < -0.3 is 4.90 Å². The van der Waals surface area contributed by atoms with E-state index in [9.17, 15) is 9.00 Å². The number of para-hydroxylation sites is 1. The van der Waals surface area contributed by atoms with Crippen molar-refractivity contribution in [2.75, 3.05) is 11.9 Å². The van der Waals surface area contributed by atoms with Gasteiger partial charge in [0.2, 0.25) is 5.91 Å². The molecule has 0 aliphatic rings. The highest BCUT2D eigenvalue weighted by molar-refractivity contribution is 7.85. The molecule has 0 heterocycles. The number of nitrogens with zero attached hydrogens (tertiary/aromatic N) is 1. The van der Waals surface area contributed by atoms with Gasteiger partial charge in [0.1, 0.15) is 5.25 Å². The molecule has 3 nitrogen and oxygen atoms in total. The Bertz CT molecular complexity index is 675. The second-order valence-electron chi connectivity index (χ2n) is 4.99. The zero-order valence-electron chi connectivity index (χ0n) is 12.5. The van der Waals surface area contributed by atoms with E-state index in [-0.39, 0.29) is 11.7 Å². The first-order chi connectivity index (χ1) is 10.5. The predicted octanol–water partition coefficient (Wildman–Crippen LogP) is 3.64. The van der Waals surface area contributed by atoms with E-state index in [2.05, 4.69) is 0 Å². The summed E-state index contributed by atoms with van der Waals surface area (Å²) in [7, 11) is 0.369. The first-order valence-electron chi connectivity index (χ1n) is 6.94. The molecule has 0 spiro atoms. The van der Waals surface area contributed by atoms with Crippen LogP contribution in [0.2, 0.25) is 5.02 Å². The standard InChI is InChI=1S/C17H18ClNO2S/c1-13(17(20)19(2)15-9-4-3-5-10-15)22(21)12-14-8-6-7-11-16(14)18/h3-11,13H,12H2,1-2H3/t13-,22-/m0/s1. The molecule has 2 aromatic carbocycles. The summed E-state index contributed by atoms with van der Waals surface area (Å²) >= 11 is 6.08. The second kappa shape index (κ2) is 7.56. The van der Waals surface area contributed by atoms with Gasteiger partial charge >= 0.3 is 0 Å². The van der Waals surface area contributed by atoms with Gasteiger partial charge in [0.05, 0.1) is 5.75 Å². The second-order valence-corrected chi connectivity index (χ2v) is 7.16. The minimum absolute atomic E-state index is 0.170. The molecular weight excluding hydrogens is 318 g/mol. The molecule has 0 aliphatic heterocycles. The highest BCUT2D eigenvalue weighted by atomic mass is 35.5. The molecule has 116 valence electrons. The summed E-state index contributed by atoms with van der Waals surface area (Å²) in [5.74, 6) is 0.103. The lowest BCUT2D eigenvalue weighted by Crippen LogP contribution is -2.37. The lowest BCUT2D eigenvalue weighted by molar-refractivity contribution is -0.117. The number of amides is 1. The Morgan fingerprint density at radius 3 is 2.36 bits per heavy atom. The van der Waals surface area contributed by atoms with Crippen LogP contribution in [0, 0.1) is 0 Å². The van der Waals surface area contributed by atoms with Crippen LogP contribution < -0.4 is 4.90 Å². The van der Waals surface area contributed by atoms with E-state index < -0.39 is 16.0 Å². The number of carbonyl (C=O) groups is 1. The van der Waals surface area contributed by atoms with Crippen LogP contribution in [-0.2, 0) is 21.3 Å². The lowest BCUT2D eigenvalue weighted by atomic mass is 10.2. The first-order valence-corrected chi connectivity index (χ1v) is 8.70. The summed E-state index contributed by atoms with van der Waals surface area (Å²) in [6, 6.07) is 16.6. The highest BCUT2D eigenvalue weighted by Gasteiger charge is 2.24. The number of carbonyl (C=O) groups excluding carboxylic acids is 1. The topological polar surface area (TPSA) is 37.4 Å². The van der Waals surface area contributed by atoms with Crippen molar-refractivity contribution in [2.45, 2.75) is 17.9 Å². The maximum absolute atomic E-state index is 12.5. The Hall–Kier alpha value is -1.65. The van der Waals surface area contributed by atoms with Gasteiger partial charge in [-0.15, -0.1) is 0 Å². The Labute approximate surface area is 138 Å². The van der Waals surface area contributed by atoms with Crippen LogP contribution in [0.3, 0.4) is 0 Å². The lowest BCUT2D eigenvalue weighted by Gasteiger charge is -2.21. The van der Waals surface area contributed by atoms with E-state index in [1.54, 1.807) is 20.0 Å². The van der Waals surface area contributed by atoms with Crippen molar-refractivity contribution in [3.63, 3.8) is 0 Å². The fourth-order valence-electron chi connectivity index (χ4n) is 2.06. The molecule has 2 aromatic rings. The average molecular weight is 336 g/mol. The Morgan fingerprint density at radius 1 is 1.14 bits per heavy atom. The third kappa shape index (κ3) is 3.96. The maximum atomic E-state index is 12.5. The molecule has 0 radical (unpaired) electrons. The number of halogens is 1. The summed E-state index contributed by atoms with van der Waals surface area (Å²) < 4.78 is 12.4. The Balaban J connectivity index is 2.07. The molecule has 2 rings (SSSR count). The number of benzene rings is 2. The van der Waals surface area contributed by atoms with Crippen molar-refractivity contribution >= 4 is 34.0 Å². The zero-order chi connectivity index (χ0) is 16.1. The first kappa shape index (κ1) is 16.7. The van der Waals surface area contributed by atoms with E-state index in [0.717, 1.165) is 11.3 Å². The fourth-order valence-corrected chi connectivity index (χ4v) is 3.53. The smallest absolute Gasteiger partial charge is 0.242 e. The van der Waals surface area contributed by atoms with Crippen LogP contribution in [0.25, 0.3) is 0 Å². The molecule has 0 fully saturated rings. The molecule has 2 atom stereocenters. The predicted molar refractivity (Wildman–Crippen MR) is 92.6 cm³/mol. The molecule has 0 bridgehead atoms. The van der Waals surface area contributed by atoms with Gasteiger partial charge in [-0.1, -0.05) is 48.0 Å². The minimum Gasteiger partial charge on any atom is -0.314 e. The van der Waals surface area contributed by atoms with Gasteiger partial charge in [0.15, 0.2) is 0 Å². The van der Waals surface area contributed by atoms with Crippen molar-refractivity contribution in [2.24, 2.45) is 0 Å². The normalized spacial score (nSPS) is 13.4. The molecule has 0 unspecified atom stereocenters. The van der Waals surface area contributed by atoms with E-state index in [0.29, 0.717) is 5.02 Å².